The zero-order chi connectivity index (χ0) is 26.9. The maximum absolute atomic E-state index is 15.2. The van der Waals surface area contributed by atoms with Gasteiger partial charge in [0.15, 0.2) is 5.82 Å². The first-order valence-corrected chi connectivity index (χ1v) is 14.1. The lowest BCUT2D eigenvalue weighted by atomic mass is 10.2. The van der Waals surface area contributed by atoms with Crippen LogP contribution >= 0.6 is 22.9 Å². The Morgan fingerprint density at radius 2 is 1.97 bits per heavy atom. The molecule has 1 N–H and O–H groups in total. The van der Waals surface area contributed by atoms with Gasteiger partial charge in [-0.05, 0) is 60.1 Å². The number of likely N-dealkylation sites (tertiary alicyclic amines) is 1. The Kier molecular flexibility index (Phi) is 8.56. The summed E-state index contributed by atoms with van der Waals surface area (Å²) in [5.74, 6) is -1.26. The van der Waals surface area contributed by atoms with Crippen LogP contribution < -0.4 is 9.62 Å². The van der Waals surface area contributed by atoms with Crippen LogP contribution in [0.2, 0.25) is 5.02 Å². The molecule has 1 atom stereocenters. The van der Waals surface area contributed by atoms with Gasteiger partial charge in [-0.2, -0.15) is 0 Å². The third kappa shape index (κ3) is 7.28. The molecule has 13 heteroatoms. The van der Waals surface area contributed by atoms with Gasteiger partial charge in [-0.25, -0.2) is 22.6 Å². The number of amides is 1. The molecule has 3 rings (SSSR count). The molecule has 0 spiro atoms. The number of anilines is 2. The number of ether oxygens (including phenoxy) is 2. The molecule has 1 amide bonds. The van der Waals surface area contributed by atoms with Gasteiger partial charge in [0, 0.05) is 24.5 Å². The van der Waals surface area contributed by atoms with Crippen LogP contribution in [-0.4, -0.2) is 61.5 Å². The van der Waals surface area contributed by atoms with Gasteiger partial charge in [0.25, 0.3) is 10.0 Å². The molecular formula is C23H32ClFN4O5S2. The van der Waals surface area contributed by atoms with E-state index in [-0.39, 0.29) is 28.2 Å². The second kappa shape index (κ2) is 10.8. The first kappa shape index (κ1) is 28.6. The summed E-state index contributed by atoms with van der Waals surface area (Å²) >= 11 is 7.46. The van der Waals surface area contributed by atoms with Gasteiger partial charge in [0.05, 0.1) is 28.6 Å². The molecule has 1 aromatic carbocycles. The lowest BCUT2D eigenvalue weighted by molar-refractivity contribution is -0.0568. The number of halogens is 2. The average Bonchev–Trinajstić information content (AvgIpc) is 3.39. The smallest absolute Gasteiger partial charge is 0.430 e. The number of rotatable bonds is 7. The van der Waals surface area contributed by atoms with Gasteiger partial charge in [0.2, 0.25) is 0 Å². The highest BCUT2D eigenvalue weighted by molar-refractivity contribution is 7.93. The molecule has 1 aliphatic rings. The molecule has 0 radical (unpaired) electrons. The highest BCUT2D eigenvalue weighted by Gasteiger charge is 2.38. The zero-order valence-corrected chi connectivity index (χ0v) is 23.6. The Hall–Kier alpha value is -1.99. The molecular weight excluding hydrogens is 531 g/mol. The standard InChI is InChI=1S/C23H32ClFN4O5S2/c1-22(2,3)33-14-28-8-7-15(11-28)27-18-10-17(25)19(9-16(18)24)36(31,32)29(20-12-35-13-26-20)21(30)34-23(4,5)6/h9-10,12-13,15,27H,7-8,11,14H2,1-6H3/t15-/m0/s1. The van der Waals surface area contributed by atoms with E-state index in [9.17, 15) is 13.2 Å². The molecule has 36 heavy (non-hydrogen) atoms. The van der Waals surface area contributed by atoms with Gasteiger partial charge < -0.3 is 14.8 Å². The minimum Gasteiger partial charge on any atom is -0.443 e. The van der Waals surface area contributed by atoms with Gasteiger partial charge >= 0.3 is 6.09 Å². The number of carbonyl (C=O) groups is 1. The number of benzene rings is 1. The maximum atomic E-state index is 15.2. The third-order valence-electron chi connectivity index (χ3n) is 5.04. The second-order valence-electron chi connectivity index (χ2n) is 10.5. The van der Waals surface area contributed by atoms with E-state index in [2.05, 4.69) is 15.2 Å². The Bertz CT molecular complexity index is 1180. The maximum Gasteiger partial charge on any atom is 0.430 e. The molecule has 2 heterocycles. The monoisotopic (exact) mass is 562 g/mol. The van der Waals surface area contributed by atoms with E-state index in [1.807, 2.05) is 20.8 Å². The lowest BCUT2D eigenvalue weighted by Gasteiger charge is -2.26. The summed E-state index contributed by atoms with van der Waals surface area (Å²) in [5, 5.41) is 4.54. The van der Waals surface area contributed by atoms with E-state index in [0.717, 1.165) is 36.4 Å². The number of aromatic nitrogens is 1. The van der Waals surface area contributed by atoms with Gasteiger partial charge in [-0.1, -0.05) is 11.6 Å². The summed E-state index contributed by atoms with van der Waals surface area (Å²) in [6.07, 6.45) is -0.420. The fraction of sp³-hybridized carbons (Fsp3) is 0.565. The molecule has 0 saturated carbocycles. The van der Waals surface area contributed by atoms with Crippen molar-refractivity contribution in [2.45, 2.75) is 70.1 Å². The van der Waals surface area contributed by atoms with Crippen molar-refractivity contribution in [3.8, 4) is 0 Å². The summed E-state index contributed by atoms with van der Waals surface area (Å²) in [4.78, 5) is 18.1. The number of carbonyl (C=O) groups excluding carboxylic acids is 1. The van der Waals surface area contributed by atoms with Crippen molar-refractivity contribution >= 4 is 50.6 Å². The summed E-state index contributed by atoms with van der Waals surface area (Å²) in [6, 6.07) is 1.99. The van der Waals surface area contributed by atoms with Crippen molar-refractivity contribution in [1.29, 1.82) is 0 Å². The fourth-order valence-corrected chi connectivity index (χ4v) is 5.65. The zero-order valence-electron chi connectivity index (χ0n) is 21.2. The van der Waals surface area contributed by atoms with Crippen molar-refractivity contribution in [3.05, 3.63) is 33.9 Å². The van der Waals surface area contributed by atoms with E-state index < -0.39 is 32.4 Å². The summed E-state index contributed by atoms with van der Waals surface area (Å²) < 4.78 is 53.5. The average molecular weight is 563 g/mol. The van der Waals surface area contributed by atoms with E-state index in [4.69, 9.17) is 21.1 Å². The first-order valence-electron chi connectivity index (χ1n) is 11.4. The van der Waals surface area contributed by atoms with Crippen LogP contribution in [0.25, 0.3) is 0 Å². The highest BCUT2D eigenvalue weighted by Crippen LogP contribution is 2.33. The highest BCUT2D eigenvalue weighted by atomic mass is 35.5. The largest absolute Gasteiger partial charge is 0.443 e. The SMILES string of the molecule is CC(C)(C)OCN1CC[C@H](Nc2cc(F)c(S(=O)(=O)N(C(=O)OC(C)(C)C)c3cscn3)cc2Cl)C1. The van der Waals surface area contributed by atoms with Crippen molar-refractivity contribution in [2.75, 3.05) is 29.4 Å². The molecule has 1 aromatic heterocycles. The molecule has 1 fully saturated rings. The van der Waals surface area contributed by atoms with E-state index in [1.165, 1.54) is 10.9 Å². The van der Waals surface area contributed by atoms with Crippen LogP contribution in [0.5, 0.6) is 0 Å². The quantitative estimate of drug-likeness (QED) is 0.483. The van der Waals surface area contributed by atoms with Crippen molar-refractivity contribution in [1.82, 2.24) is 9.88 Å². The van der Waals surface area contributed by atoms with Gasteiger partial charge in [0.1, 0.15) is 16.3 Å². The fourth-order valence-electron chi connectivity index (χ4n) is 3.43. The van der Waals surface area contributed by atoms with Crippen LogP contribution in [0, 0.1) is 5.82 Å². The minimum absolute atomic E-state index is 0.00165. The van der Waals surface area contributed by atoms with Crippen LogP contribution in [0.1, 0.15) is 48.0 Å². The topological polar surface area (TPSA) is 101 Å². The van der Waals surface area contributed by atoms with E-state index in [0.29, 0.717) is 17.6 Å². The van der Waals surface area contributed by atoms with Crippen LogP contribution in [0.3, 0.4) is 0 Å². The Labute approximate surface area is 220 Å². The van der Waals surface area contributed by atoms with Crippen LogP contribution in [0.15, 0.2) is 27.9 Å². The molecule has 0 aliphatic carbocycles. The number of sulfonamides is 1. The number of hydrogen-bond donors (Lipinski definition) is 1. The molecule has 9 nitrogen and oxygen atoms in total. The Balaban J connectivity index is 1.83. The number of nitrogens with zero attached hydrogens (tertiary/aromatic N) is 3. The van der Waals surface area contributed by atoms with Crippen LogP contribution in [0.4, 0.5) is 20.7 Å². The Morgan fingerprint density at radius 1 is 1.28 bits per heavy atom. The summed E-state index contributed by atoms with van der Waals surface area (Å²) in [7, 11) is -4.73. The van der Waals surface area contributed by atoms with Crippen molar-refractivity contribution in [3.63, 3.8) is 0 Å². The molecule has 0 unspecified atom stereocenters. The number of hydrogen-bond acceptors (Lipinski definition) is 9. The molecule has 2 aromatic rings. The predicted molar refractivity (Wildman–Crippen MR) is 139 cm³/mol. The molecule has 200 valence electrons. The summed E-state index contributed by atoms with van der Waals surface area (Å²) in [6.45, 7) is 12.6. The molecule has 1 saturated heterocycles. The minimum atomic E-state index is -4.73. The number of nitrogens with one attached hydrogen (secondary N) is 1. The van der Waals surface area contributed by atoms with Gasteiger partial charge in [-0.15, -0.1) is 15.6 Å². The van der Waals surface area contributed by atoms with Crippen molar-refractivity contribution < 1.29 is 27.1 Å². The van der Waals surface area contributed by atoms with Gasteiger partial charge in [-0.3, -0.25) is 4.90 Å². The van der Waals surface area contributed by atoms with Crippen LogP contribution in [-0.2, 0) is 19.5 Å². The molecule has 1 aliphatic heterocycles. The predicted octanol–water partition coefficient (Wildman–Crippen LogP) is 5.32. The summed E-state index contributed by atoms with van der Waals surface area (Å²) in [5.41, 5.74) is 0.369. The Morgan fingerprint density at radius 3 is 2.56 bits per heavy atom. The lowest BCUT2D eigenvalue weighted by Crippen LogP contribution is -2.41. The van der Waals surface area contributed by atoms with E-state index >= 15 is 4.39 Å². The normalized spacial score (nSPS) is 17.3. The first-order chi connectivity index (χ1) is 16.6. The van der Waals surface area contributed by atoms with Crippen molar-refractivity contribution in [2.24, 2.45) is 0 Å². The third-order valence-corrected chi connectivity index (χ3v) is 7.61. The second-order valence-corrected chi connectivity index (χ2v) is 13.3. The molecule has 0 bridgehead atoms. The van der Waals surface area contributed by atoms with E-state index in [1.54, 1.807) is 20.8 Å². The number of thiazole rings is 1.